The predicted molar refractivity (Wildman–Crippen MR) is 128 cm³/mol. The van der Waals surface area contributed by atoms with Gasteiger partial charge in [-0.1, -0.05) is 35.4 Å². The van der Waals surface area contributed by atoms with Gasteiger partial charge in [-0.3, -0.25) is 14.4 Å². The van der Waals surface area contributed by atoms with Gasteiger partial charge in [-0.05, 0) is 50.2 Å². The zero-order chi connectivity index (χ0) is 23.8. The summed E-state index contributed by atoms with van der Waals surface area (Å²) < 4.78 is 5.82. The van der Waals surface area contributed by atoms with Crippen molar-refractivity contribution in [1.29, 1.82) is 0 Å². The first-order valence-corrected chi connectivity index (χ1v) is 11.5. The molecule has 1 atom stereocenters. The van der Waals surface area contributed by atoms with Gasteiger partial charge in [0.1, 0.15) is 5.75 Å². The summed E-state index contributed by atoms with van der Waals surface area (Å²) in [7, 11) is 0. The molecule has 0 saturated carbocycles. The number of carbonyl (C=O) groups is 3. The van der Waals surface area contributed by atoms with Gasteiger partial charge in [0.05, 0.1) is 12.3 Å². The number of fused-ring (bicyclic) bond motifs is 2. The van der Waals surface area contributed by atoms with Crippen LogP contribution in [0, 0.1) is 13.8 Å². The molecule has 2 aliphatic rings. The number of amidine groups is 1. The first kappa shape index (κ1) is 22.8. The van der Waals surface area contributed by atoms with Crippen LogP contribution in [-0.4, -0.2) is 41.0 Å². The Hall–Kier alpha value is -3.33. The van der Waals surface area contributed by atoms with Crippen LogP contribution in [0.15, 0.2) is 47.6 Å². The van der Waals surface area contributed by atoms with Crippen LogP contribution in [0.5, 0.6) is 5.75 Å². The first-order valence-electron chi connectivity index (χ1n) is 10.7. The Kier molecular flexibility index (Phi) is 6.16. The molecule has 3 amide bonds. The fourth-order valence-corrected chi connectivity index (χ4v) is 5.32. The number of aryl methyl sites for hydroxylation is 2. The molecule has 2 heterocycles. The van der Waals surface area contributed by atoms with Crippen LogP contribution in [0.2, 0.25) is 0 Å². The summed E-state index contributed by atoms with van der Waals surface area (Å²) in [6.07, 6.45) is 0.604. The zero-order valence-corrected chi connectivity index (χ0v) is 19.9. The van der Waals surface area contributed by atoms with E-state index >= 15 is 0 Å². The molecule has 8 nitrogen and oxygen atoms in total. The van der Waals surface area contributed by atoms with Crippen molar-refractivity contribution >= 4 is 40.3 Å². The molecule has 0 aliphatic carbocycles. The molecule has 33 heavy (non-hydrogen) atoms. The Labute approximate surface area is 197 Å². The van der Waals surface area contributed by atoms with E-state index in [1.807, 2.05) is 56.3 Å². The Morgan fingerprint density at radius 1 is 1.09 bits per heavy atom. The van der Waals surface area contributed by atoms with E-state index in [2.05, 4.69) is 10.4 Å². The third-order valence-electron chi connectivity index (χ3n) is 5.47. The van der Waals surface area contributed by atoms with Crippen LogP contribution in [-0.2, 0) is 19.3 Å². The quantitative estimate of drug-likeness (QED) is 0.683. The smallest absolute Gasteiger partial charge is 0.270 e. The summed E-state index contributed by atoms with van der Waals surface area (Å²) in [6.45, 7) is 7.54. The predicted octanol–water partition coefficient (Wildman–Crippen LogP) is 3.27. The number of hydrazone groups is 1. The second-order valence-electron chi connectivity index (χ2n) is 8.16. The molecule has 9 heteroatoms. The van der Waals surface area contributed by atoms with Crippen LogP contribution in [0.1, 0.15) is 37.0 Å². The lowest BCUT2D eigenvalue weighted by Gasteiger charge is -2.29. The van der Waals surface area contributed by atoms with Crippen LogP contribution < -0.4 is 15.0 Å². The summed E-state index contributed by atoms with van der Waals surface area (Å²) in [5.74, 6) is -0.180. The van der Waals surface area contributed by atoms with E-state index in [-0.39, 0.29) is 22.9 Å². The molecule has 2 aromatic rings. The maximum absolute atomic E-state index is 13.8. The SMILES string of the molecule is CC(=O)NC1=NN(C(C)=O)C2(S1)C(=O)N(CCCOc1ccc(C)cc1)c1ccc(C)cc12. The number of carbonyl (C=O) groups excluding carboxylic acids is 3. The first-order chi connectivity index (χ1) is 15.7. The van der Waals surface area contributed by atoms with E-state index in [4.69, 9.17) is 4.74 Å². The Bertz CT molecular complexity index is 1150. The van der Waals surface area contributed by atoms with Gasteiger partial charge in [0, 0.05) is 26.0 Å². The van der Waals surface area contributed by atoms with Gasteiger partial charge >= 0.3 is 0 Å². The molecule has 2 aliphatic heterocycles. The second-order valence-corrected chi connectivity index (χ2v) is 9.34. The summed E-state index contributed by atoms with van der Waals surface area (Å²) in [5.41, 5.74) is 3.55. The molecule has 0 radical (unpaired) electrons. The average Bonchev–Trinajstić information content (AvgIpc) is 3.24. The lowest BCUT2D eigenvalue weighted by Crippen LogP contribution is -2.48. The lowest BCUT2D eigenvalue weighted by molar-refractivity contribution is -0.139. The number of hydrogen-bond acceptors (Lipinski definition) is 6. The van der Waals surface area contributed by atoms with E-state index in [0.29, 0.717) is 25.1 Å². The number of amides is 3. The topological polar surface area (TPSA) is 91.3 Å². The minimum absolute atomic E-state index is 0.225. The lowest BCUT2D eigenvalue weighted by atomic mass is 10.0. The van der Waals surface area contributed by atoms with E-state index in [9.17, 15) is 14.4 Å². The standard InChI is InChI=1S/C24H26N4O4S/c1-15-6-9-19(10-7-15)32-13-5-12-27-21-11-8-16(2)14-20(21)24(22(27)31)28(18(4)30)26-23(33-24)25-17(3)29/h6-11,14H,5,12-13H2,1-4H3,(H,25,26,29). The van der Waals surface area contributed by atoms with Gasteiger partial charge in [0.25, 0.3) is 5.91 Å². The number of hydrogen-bond donors (Lipinski definition) is 1. The Morgan fingerprint density at radius 2 is 1.79 bits per heavy atom. The van der Waals surface area contributed by atoms with Crippen LogP contribution in [0.25, 0.3) is 0 Å². The van der Waals surface area contributed by atoms with Crippen molar-refractivity contribution in [2.45, 2.75) is 39.0 Å². The molecule has 1 spiro atoms. The van der Waals surface area contributed by atoms with E-state index < -0.39 is 4.87 Å². The van der Waals surface area contributed by atoms with E-state index in [1.54, 1.807) is 4.90 Å². The molecule has 2 aromatic carbocycles. The number of anilines is 1. The number of nitrogens with one attached hydrogen (secondary N) is 1. The van der Waals surface area contributed by atoms with Gasteiger partial charge in [-0.15, -0.1) is 5.10 Å². The number of nitrogens with zero attached hydrogens (tertiary/aromatic N) is 3. The van der Waals surface area contributed by atoms with Gasteiger partial charge in [-0.25, -0.2) is 0 Å². The molecular formula is C24H26N4O4S. The molecule has 0 aromatic heterocycles. The minimum atomic E-state index is -1.37. The van der Waals surface area contributed by atoms with Crippen molar-refractivity contribution in [3.63, 3.8) is 0 Å². The summed E-state index contributed by atoms with van der Waals surface area (Å²) in [6, 6.07) is 13.6. The van der Waals surface area contributed by atoms with Crippen molar-refractivity contribution in [3.05, 3.63) is 59.2 Å². The molecule has 0 saturated heterocycles. The number of thioether (sulfide) groups is 1. The van der Waals surface area contributed by atoms with Gasteiger partial charge in [0.2, 0.25) is 16.7 Å². The fourth-order valence-electron chi connectivity index (χ4n) is 3.99. The third-order valence-corrected chi connectivity index (χ3v) is 6.71. The Morgan fingerprint density at radius 3 is 2.45 bits per heavy atom. The summed E-state index contributed by atoms with van der Waals surface area (Å²) in [5, 5.41) is 8.31. The molecular weight excluding hydrogens is 440 g/mol. The van der Waals surface area contributed by atoms with Crippen LogP contribution in [0.4, 0.5) is 5.69 Å². The van der Waals surface area contributed by atoms with Crippen LogP contribution >= 0.6 is 11.8 Å². The van der Waals surface area contributed by atoms with Crippen molar-refractivity contribution < 1.29 is 19.1 Å². The highest BCUT2D eigenvalue weighted by molar-refractivity contribution is 8.15. The van der Waals surface area contributed by atoms with Crippen molar-refractivity contribution in [3.8, 4) is 5.75 Å². The van der Waals surface area contributed by atoms with E-state index in [1.165, 1.54) is 18.9 Å². The van der Waals surface area contributed by atoms with Crippen molar-refractivity contribution in [2.75, 3.05) is 18.1 Å². The molecule has 172 valence electrons. The van der Waals surface area contributed by atoms with Crippen molar-refractivity contribution in [1.82, 2.24) is 10.3 Å². The fraction of sp³-hybridized carbons (Fsp3) is 0.333. The number of ether oxygens (including phenoxy) is 1. The van der Waals surface area contributed by atoms with Gasteiger partial charge in [-0.2, -0.15) is 5.01 Å². The van der Waals surface area contributed by atoms with Gasteiger partial charge < -0.3 is 15.0 Å². The maximum Gasteiger partial charge on any atom is 0.270 e. The largest absolute Gasteiger partial charge is 0.494 e. The summed E-state index contributed by atoms with van der Waals surface area (Å²) in [4.78, 5) is 38.3. The van der Waals surface area contributed by atoms with Gasteiger partial charge in [0.15, 0.2) is 5.17 Å². The van der Waals surface area contributed by atoms with Crippen molar-refractivity contribution in [2.24, 2.45) is 5.10 Å². The maximum atomic E-state index is 13.8. The van der Waals surface area contributed by atoms with E-state index in [0.717, 1.165) is 34.3 Å². The molecule has 0 fully saturated rings. The highest BCUT2D eigenvalue weighted by Gasteiger charge is 2.61. The molecule has 4 rings (SSSR count). The highest BCUT2D eigenvalue weighted by atomic mass is 32.2. The normalized spacial score (nSPS) is 19.0. The average molecular weight is 467 g/mol. The monoisotopic (exact) mass is 466 g/mol. The van der Waals surface area contributed by atoms with Crippen LogP contribution in [0.3, 0.4) is 0 Å². The number of rotatable bonds is 5. The molecule has 1 unspecified atom stereocenters. The minimum Gasteiger partial charge on any atom is -0.494 e. The number of benzene rings is 2. The second kappa shape index (κ2) is 8.90. The molecule has 1 N–H and O–H groups in total. The highest BCUT2D eigenvalue weighted by Crippen LogP contribution is 2.54. The Balaban J connectivity index is 1.58. The third kappa shape index (κ3) is 4.20. The zero-order valence-electron chi connectivity index (χ0n) is 19.0. The molecule has 0 bridgehead atoms. The summed E-state index contributed by atoms with van der Waals surface area (Å²) >= 11 is 1.09.